The third-order valence-corrected chi connectivity index (χ3v) is 6.38. The molecule has 3 rings (SSSR count). The number of ether oxygens (including phenoxy) is 4. The quantitative estimate of drug-likeness (QED) is 0.330. The van der Waals surface area contributed by atoms with Gasteiger partial charge in [-0.25, -0.2) is 0 Å². The van der Waals surface area contributed by atoms with Crippen molar-refractivity contribution in [1.82, 2.24) is 0 Å². The van der Waals surface area contributed by atoms with Crippen LogP contribution in [0.2, 0.25) is 0 Å². The molecule has 6 nitrogen and oxygen atoms in total. The smallest absolute Gasteiger partial charge is 0.308 e. The van der Waals surface area contributed by atoms with E-state index >= 15 is 0 Å². The summed E-state index contributed by atoms with van der Waals surface area (Å²) < 4.78 is 22.9. The van der Waals surface area contributed by atoms with Crippen LogP contribution in [0, 0.1) is 5.92 Å². The summed E-state index contributed by atoms with van der Waals surface area (Å²) in [4.78, 5) is 23.5. The van der Waals surface area contributed by atoms with Gasteiger partial charge in [-0.2, -0.15) is 0 Å². The zero-order chi connectivity index (χ0) is 24.7. The highest BCUT2D eigenvalue weighted by Gasteiger charge is 2.39. The standard InChI is InChI=1S/C28H36O6/c1-19(10-9-13-21-11-7-6-8-12-21)32-23-17-25(33-20(2)29)24-16-22(14-15-27(30)31-5)28(3,4)34-26(24)18-23/h6-8,11-12,17-19,22H,9-10,13-16H2,1-5H3. The lowest BCUT2D eigenvalue weighted by Crippen LogP contribution is -2.42. The van der Waals surface area contributed by atoms with Gasteiger partial charge in [0.05, 0.1) is 13.2 Å². The number of methoxy groups -OCH3 is 1. The van der Waals surface area contributed by atoms with Crippen LogP contribution in [-0.4, -0.2) is 30.8 Å². The van der Waals surface area contributed by atoms with Crippen molar-refractivity contribution >= 4 is 11.9 Å². The lowest BCUT2D eigenvalue weighted by molar-refractivity contribution is -0.141. The normalized spacial score (nSPS) is 17.1. The third-order valence-electron chi connectivity index (χ3n) is 6.38. The second kappa shape index (κ2) is 11.4. The summed E-state index contributed by atoms with van der Waals surface area (Å²) in [7, 11) is 1.39. The monoisotopic (exact) mass is 468 g/mol. The fourth-order valence-electron chi connectivity index (χ4n) is 4.43. The molecule has 0 N–H and O–H groups in total. The first kappa shape index (κ1) is 25.6. The lowest BCUT2D eigenvalue weighted by atomic mass is 9.79. The first-order chi connectivity index (χ1) is 16.2. The Bertz CT molecular complexity index is 982. The number of benzene rings is 2. The average Bonchev–Trinajstić information content (AvgIpc) is 2.77. The van der Waals surface area contributed by atoms with E-state index in [1.165, 1.54) is 19.6 Å². The molecule has 0 amide bonds. The Morgan fingerprint density at radius 3 is 2.59 bits per heavy atom. The number of hydrogen-bond acceptors (Lipinski definition) is 6. The van der Waals surface area contributed by atoms with Crippen LogP contribution < -0.4 is 14.2 Å². The minimum atomic E-state index is -0.492. The first-order valence-electron chi connectivity index (χ1n) is 12.0. The lowest BCUT2D eigenvalue weighted by Gasteiger charge is -2.40. The molecule has 0 saturated heterocycles. The number of rotatable bonds is 10. The van der Waals surface area contributed by atoms with Crippen molar-refractivity contribution in [1.29, 1.82) is 0 Å². The molecule has 1 aliphatic rings. The van der Waals surface area contributed by atoms with E-state index in [4.69, 9.17) is 18.9 Å². The van der Waals surface area contributed by atoms with Gasteiger partial charge in [-0.15, -0.1) is 0 Å². The van der Waals surface area contributed by atoms with Crippen LogP contribution in [0.15, 0.2) is 42.5 Å². The molecule has 0 spiro atoms. The molecule has 2 atom stereocenters. The zero-order valence-corrected chi connectivity index (χ0v) is 20.9. The Morgan fingerprint density at radius 2 is 1.91 bits per heavy atom. The maximum atomic E-state index is 11.8. The van der Waals surface area contributed by atoms with Crippen molar-refractivity contribution in [2.75, 3.05) is 7.11 Å². The summed E-state index contributed by atoms with van der Waals surface area (Å²) in [5.74, 6) is 1.15. The van der Waals surface area contributed by atoms with Gasteiger partial charge in [0.15, 0.2) is 0 Å². The number of carbonyl (C=O) groups excluding carboxylic acids is 2. The SMILES string of the molecule is COC(=O)CCC1Cc2c(OC(C)=O)cc(OC(C)CCCc3ccccc3)cc2OC1(C)C. The van der Waals surface area contributed by atoms with Gasteiger partial charge in [0.2, 0.25) is 0 Å². The molecule has 0 saturated carbocycles. The highest BCUT2D eigenvalue weighted by molar-refractivity contribution is 5.71. The Kier molecular flexibility index (Phi) is 8.59. The van der Waals surface area contributed by atoms with Crippen LogP contribution in [0.3, 0.4) is 0 Å². The summed E-state index contributed by atoms with van der Waals surface area (Å²) in [6, 6.07) is 14.1. The summed E-state index contributed by atoms with van der Waals surface area (Å²) in [6.45, 7) is 7.46. The zero-order valence-electron chi connectivity index (χ0n) is 20.9. The van der Waals surface area contributed by atoms with Crippen molar-refractivity contribution in [3.8, 4) is 17.2 Å². The summed E-state index contributed by atoms with van der Waals surface area (Å²) in [6.07, 6.45) is 4.48. The van der Waals surface area contributed by atoms with Gasteiger partial charge in [0.1, 0.15) is 22.8 Å². The fraction of sp³-hybridized carbons (Fsp3) is 0.500. The van der Waals surface area contributed by atoms with E-state index in [1.54, 1.807) is 6.07 Å². The van der Waals surface area contributed by atoms with Crippen LogP contribution in [0.25, 0.3) is 0 Å². The van der Waals surface area contributed by atoms with Gasteiger partial charge in [0, 0.05) is 37.0 Å². The van der Waals surface area contributed by atoms with Crippen molar-refractivity contribution < 1.29 is 28.5 Å². The molecular weight excluding hydrogens is 432 g/mol. The molecule has 2 unspecified atom stereocenters. The highest BCUT2D eigenvalue weighted by atomic mass is 16.5. The van der Waals surface area contributed by atoms with E-state index < -0.39 is 11.6 Å². The number of aryl methyl sites for hydroxylation is 1. The second-order valence-electron chi connectivity index (χ2n) is 9.52. The van der Waals surface area contributed by atoms with E-state index in [2.05, 4.69) is 24.3 Å². The van der Waals surface area contributed by atoms with E-state index in [9.17, 15) is 9.59 Å². The molecule has 1 aliphatic heterocycles. The van der Waals surface area contributed by atoms with E-state index in [1.807, 2.05) is 32.9 Å². The van der Waals surface area contributed by atoms with Crippen LogP contribution in [0.4, 0.5) is 0 Å². The second-order valence-corrected chi connectivity index (χ2v) is 9.52. The predicted molar refractivity (Wildman–Crippen MR) is 130 cm³/mol. The third kappa shape index (κ3) is 6.99. The molecule has 0 fully saturated rings. The minimum Gasteiger partial charge on any atom is -0.490 e. The number of fused-ring (bicyclic) bond motifs is 1. The van der Waals surface area contributed by atoms with Crippen molar-refractivity contribution in [2.45, 2.75) is 77.9 Å². The van der Waals surface area contributed by atoms with Gasteiger partial charge < -0.3 is 18.9 Å². The van der Waals surface area contributed by atoms with Crippen LogP contribution in [0.1, 0.15) is 64.5 Å². The minimum absolute atomic E-state index is 0.00338. The van der Waals surface area contributed by atoms with E-state index in [-0.39, 0.29) is 18.0 Å². The molecule has 2 aromatic carbocycles. The molecule has 0 bridgehead atoms. The van der Waals surface area contributed by atoms with Crippen LogP contribution in [-0.2, 0) is 27.2 Å². The maximum Gasteiger partial charge on any atom is 0.308 e. The number of carbonyl (C=O) groups is 2. The Morgan fingerprint density at radius 1 is 1.18 bits per heavy atom. The largest absolute Gasteiger partial charge is 0.490 e. The van der Waals surface area contributed by atoms with Crippen LogP contribution >= 0.6 is 0 Å². The van der Waals surface area contributed by atoms with Crippen molar-refractivity contribution in [2.24, 2.45) is 5.92 Å². The van der Waals surface area contributed by atoms with Gasteiger partial charge >= 0.3 is 11.9 Å². The Hall–Kier alpha value is -3.02. The van der Waals surface area contributed by atoms with Crippen molar-refractivity contribution in [3.63, 3.8) is 0 Å². The molecule has 34 heavy (non-hydrogen) atoms. The Balaban J connectivity index is 1.73. The summed E-state index contributed by atoms with van der Waals surface area (Å²) >= 11 is 0. The predicted octanol–water partition coefficient (Wildman–Crippen LogP) is 5.69. The van der Waals surface area contributed by atoms with Crippen molar-refractivity contribution in [3.05, 3.63) is 53.6 Å². The molecule has 0 aliphatic carbocycles. The maximum absolute atomic E-state index is 11.8. The molecule has 6 heteroatoms. The molecule has 2 aromatic rings. The molecule has 184 valence electrons. The highest BCUT2D eigenvalue weighted by Crippen LogP contribution is 2.45. The summed E-state index contributed by atoms with van der Waals surface area (Å²) in [5, 5.41) is 0. The molecular formula is C28H36O6. The topological polar surface area (TPSA) is 71.1 Å². The van der Waals surface area contributed by atoms with E-state index in [0.717, 1.165) is 24.8 Å². The molecule has 0 aromatic heterocycles. The van der Waals surface area contributed by atoms with Gasteiger partial charge in [0.25, 0.3) is 0 Å². The van der Waals surface area contributed by atoms with Gasteiger partial charge in [-0.05, 0) is 58.4 Å². The number of hydrogen-bond donors (Lipinski definition) is 0. The number of esters is 2. The first-order valence-corrected chi connectivity index (χ1v) is 12.0. The van der Waals surface area contributed by atoms with Gasteiger partial charge in [-0.1, -0.05) is 30.3 Å². The van der Waals surface area contributed by atoms with Crippen LogP contribution in [0.5, 0.6) is 17.2 Å². The average molecular weight is 469 g/mol. The fourth-order valence-corrected chi connectivity index (χ4v) is 4.43. The Labute approximate surface area is 202 Å². The summed E-state index contributed by atoms with van der Waals surface area (Å²) in [5.41, 5.74) is 1.65. The molecule has 1 heterocycles. The molecule has 0 radical (unpaired) electrons. The van der Waals surface area contributed by atoms with E-state index in [0.29, 0.717) is 36.5 Å². The van der Waals surface area contributed by atoms with Gasteiger partial charge in [-0.3, -0.25) is 9.59 Å².